The summed E-state index contributed by atoms with van der Waals surface area (Å²) >= 11 is 5.82. The summed E-state index contributed by atoms with van der Waals surface area (Å²) in [6.45, 7) is 1.27. The Balaban J connectivity index is 1.79. The Morgan fingerprint density at radius 2 is 2.04 bits per heavy atom. The van der Waals surface area contributed by atoms with Crippen molar-refractivity contribution in [3.63, 3.8) is 0 Å². The van der Waals surface area contributed by atoms with Crippen molar-refractivity contribution in [2.75, 3.05) is 25.5 Å². The van der Waals surface area contributed by atoms with E-state index >= 15 is 0 Å². The molecule has 2 N–H and O–H groups in total. The fraction of sp³-hybridized carbons (Fsp3) is 0.250. The number of nitrogens with one attached hydrogen (secondary N) is 2. The SMILES string of the molecule is Cc1cc(NC(=O)CN(C)C(=O)CNC(=O)c2cccc(Cl)c2)no1. The molecule has 2 aromatic rings. The van der Waals surface area contributed by atoms with Gasteiger partial charge in [-0.1, -0.05) is 22.8 Å². The van der Waals surface area contributed by atoms with Crippen LogP contribution in [0.15, 0.2) is 34.9 Å². The van der Waals surface area contributed by atoms with Crippen molar-refractivity contribution in [1.82, 2.24) is 15.4 Å². The summed E-state index contributed by atoms with van der Waals surface area (Å²) in [6, 6.07) is 7.93. The second-order valence-corrected chi connectivity index (χ2v) is 5.75. The molecule has 2 rings (SSSR count). The van der Waals surface area contributed by atoms with Crippen LogP contribution in [0.4, 0.5) is 5.82 Å². The second-order valence-electron chi connectivity index (χ2n) is 5.31. The van der Waals surface area contributed by atoms with Gasteiger partial charge in [-0.25, -0.2) is 0 Å². The summed E-state index contributed by atoms with van der Waals surface area (Å²) in [5, 5.41) is 9.05. The zero-order valence-electron chi connectivity index (χ0n) is 13.7. The smallest absolute Gasteiger partial charge is 0.251 e. The molecule has 0 fully saturated rings. The van der Waals surface area contributed by atoms with Crippen LogP contribution < -0.4 is 10.6 Å². The lowest BCUT2D eigenvalue weighted by molar-refractivity contribution is -0.132. The number of hydrogen-bond donors (Lipinski definition) is 2. The summed E-state index contributed by atoms with van der Waals surface area (Å²) in [5.41, 5.74) is 0.349. The highest BCUT2D eigenvalue weighted by Crippen LogP contribution is 2.10. The topological polar surface area (TPSA) is 105 Å². The standard InChI is InChI=1S/C16H17ClN4O4/c1-10-6-13(20-25-10)19-14(22)9-21(2)15(23)8-18-16(24)11-4-3-5-12(17)7-11/h3-7H,8-9H2,1-2H3,(H,18,24)(H,19,20,22). The summed E-state index contributed by atoms with van der Waals surface area (Å²) in [7, 11) is 1.46. The van der Waals surface area contributed by atoms with Gasteiger partial charge in [0.1, 0.15) is 5.76 Å². The Morgan fingerprint density at radius 3 is 2.68 bits per heavy atom. The number of halogens is 1. The lowest BCUT2D eigenvalue weighted by atomic mass is 10.2. The number of rotatable bonds is 6. The van der Waals surface area contributed by atoms with Crippen molar-refractivity contribution in [1.29, 1.82) is 0 Å². The summed E-state index contributed by atoms with van der Waals surface area (Å²) in [6.07, 6.45) is 0. The number of amides is 3. The molecule has 1 aromatic heterocycles. The van der Waals surface area contributed by atoms with Crippen molar-refractivity contribution in [3.05, 3.63) is 46.7 Å². The molecule has 0 saturated carbocycles. The Labute approximate surface area is 149 Å². The van der Waals surface area contributed by atoms with Crippen molar-refractivity contribution >= 4 is 35.1 Å². The molecule has 0 saturated heterocycles. The second kappa shape index (κ2) is 8.29. The summed E-state index contributed by atoms with van der Waals surface area (Å²) in [4.78, 5) is 37.0. The molecule has 132 valence electrons. The molecular weight excluding hydrogens is 348 g/mol. The van der Waals surface area contributed by atoms with Crippen molar-refractivity contribution < 1.29 is 18.9 Å². The number of hydrogen-bond acceptors (Lipinski definition) is 5. The van der Waals surface area contributed by atoms with Gasteiger partial charge in [0.25, 0.3) is 5.91 Å². The third-order valence-corrected chi connectivity index (χ3v) is 3.42. The largest absolute Gasteiger partial charge is 0.360 e. The first-order valence-electron chi connectivity index (χ1n) is 7.36. The van der Waals surface area contributed by atoms with Crippen molar-refractivity contribution in [2.24, 2.45) is 0 Å². The van der Waals surface area contributed by atoms with Gasteiger partial charge in [-0.15, -0.1) is 0 Å². The predicted molar refractivity (Wildman–Crippen MR) is 91.3 cm³/mol. The van der Waals surface area contributed by atoms with E-state index in [-0.39, 0.29) is 18.9 Å². The maximum absolute atomic E-state index is 12.0. The van der Waals surface area contributed by atoms with Gasteiger partial charge in [0, 0.05) is 23.7 Å². The van der Waals surface area contributed by atoms with Crippen LogP contribution >= 0.6 is 11.6 Å². The number of nitrogens with zero attached hydrogens (tertiary/aromatic N) is 2. The normalized spacial score (nSPS) is 10.2. The molecule has 3 amide bonds. The van der Waals surface area contributed by atoms with Crippen LogP contribution in [0.25, 0.3) is 0 Å². The zero-order valence-corrected chi connectivity index (χ0v) is 14.5. The molecule has 0 atom stereocenters. The average Bonchev–Trinajstić information content (AvgIpc) is 2.96. The van der Waals surface area contributed by atoms with E-state index in [4.69, 9.17) is 16.1 Å². The molecule has 25 heavy (non-hydrogen) atoms. The summed E-state index contributed by atoms with van der Waals surface area (Å²) in [5.74, 6) is -0.431. The Morgan fingerprint density at radius 1 is 1.28 bits per heavy atom. The molecule has 0 radical (unpaired) electrons. The van der Waals surface area contributed by atoms with E-state index in [1.54, 1.807) is 31.2 Å². The number of aromatic nitrogens is 1. The van der Waals surface area contributed by atoms with Crippen LogP contribution in [0.2, 0.25) is 5.02 Å². The third kappa shape index (κ3) is 5.61. The molecular formula is C16H17ClN4O4. The molecule has 0 aliphatic carbocycles. The monoisotopic (exact) mass is 364 g/mol. The first kappa shape index (κ1) is 18.5. The van der Waals surface area contributed by atoms with Crippen LogP contribution in [-0.4, -0.2) is 47.9 Å². The number of aryl methyl sites for hydroxylation is 1. The molecule has 0 spiro atoms. The predicted octanol–water partition coefficient (Wildman–Crippen LogP) is 1.46. The molecule has 0 unspecified atom stereocenters. The van der Waals surface area contributed by atoms with Gasteiger partial charge in [-0.2, -0.15) is 0 Å². The number of anilines is 1. The van der Waals surface area contributed by atoms with Crippen LogP contribution in [0.3, 0.4) is 0 Å². The van der Waals surface area contributed by atoms with Crippen LogP contribution in [0.1, 0.15) is 16.1 Å². The van der Waals surface area contributed by atoms with E-state index in [9.17, 15) is 14.4 Å². The first-order valence-corrected chi connectivity index (χ1v) is 7.74. The maximum atomic E-state index is 12.0. The van der Waals surface area contributed by atoms with E-state index in [0.717, 1.165) is 0 Å². The Hall–Kier alpha value is -2.87. The van der Waals surface area contributed by atoms with E-state index in [2.05, 4.69) is 15.8 Å². The van der Waals surface area contributed by atoms with Crippen LogP contribution in [0.5, 0.6) is 0 Å². The minimum Gasteiger partial charge on any atom is -0.360 e. The molecule has 0 aliphatic rings. The minimum atomic E-state index is -0.426. The highest BCUT2D eigenvalue weighted by atomic mass is 35.5. The van der Waals surface area contributed by atoms with Crippen LogP contribution in [0, 0.1) is 6.92 Å². The average molecular weight is 365 g/mol. The van der Waals surface area contributed by atoms with Crippen molar-refractivity contribution in [2.45, 2.75) is 6.92 Å². The fourth-order valence-electron chi connectivity index (χ4n) is 1.93. The molecule has 1 aromatic carbocycles. The van der Waals surface area contributed by atoms with Crippen LogP contribution in [-0.2, 0) is 9.59 Å². The number of likely N-dealkylation sites (N-methyl/N-ethyl adjacent to an activating group) is 1. The van der Waals surface area contributed by atoms with E-state index in [1.165, 1.54) is 18.0 Å². The quantitative estimate of drug-likeness (QED) is 0.807. The van der Waals surface area contributed by atoms with Gasteiger partial charge in [-0.3, -0.25) is 14.4 Å². The highest BCUT2D eigenvalue weighted by Gasteiger charge is 2.15. The molecule has 9 heteroatoms. The number of carbonyl (C=O) groups excluding carboxylic acids is 3. The van der Waals surface area contributed by atoms with Gasteiger partial charge in [0.15, 0.2) is 5.82 Å². The third-order valence-electron chi connectivity index (χ3n) is 3.19. The fourth-order valence-corrected chi connectivity index (χ4v) is 2.12. The van der Waals surface area contributed by atoms with Gasteiger partial charge in [-0.05, 0) is 25.1 Å². The highest BCUT2D eigenvalue weighted by molar-refractivity contribution is 6.31. The molecule has 0 bridgehead atoms. The number of benzene rings is 1. The first-order chi connectivity index (χ1) is 11.8. The van der Waals surface area contributed by atoms with Gasteiger partial charge < -0.3 is 20.1 Å². The Bertz CT molecular complexity index is 790. The van der Waals surface area contributed by atoms with E-state index in [0.29, 0.717) is 16.3 Å². The van der Waals surface area contributed by atoms with Gasteiger partial charge in [0.05, 0.1) is 13.1 Å². The summed E-state index contributed by atoms with van der Waals surface area (Å²) < 4.78 is 4.83. The van der Waals surface area contributed by atoms with E-state index in [1.807, 2.05) is 0 Å². The minimum absolute atomic E-state index is 0.183. The lowest BCUT2D eigenvalue weighted by Crippen LogP contribution is -2.41. The van der Waals surface area contributed by atoms with E-state index < -0.39 is 17.7 Å². The molecule has 0 aliphatic heterocycles. The van der Waals surface area contributed by atoms with Crippen molar-refractivity contribution in [3.8, 4) is 0 Å². The van der Waals surface area contributed by atoms with Gasteiger partial charge >= 0.3 is 0 Å². The van der Waals surface area contributed by atoms with Gasteiger partial charge in [0.2, 0.25) is 11.8 Å². The Kier molecular flexibility index (Phi) is 6.13. The number of carbonyl (C=O) groups is 3. The molecule has 8 nitrogen and oxygen atoms in total. The lowest BCUT2D eigenvalue weighted by Gasteiger charge is -2.16. The molecule has 1 heterocycles. The maximum Gasteiger partial charge on any atom is 0.251 e. The zero-order chi connectivity index (χ0) is 18.4.